The third-order valence-corrected chi connectivity index (χ3v) is 2.12. The van der Waals surface area contributed by atoms with E-state index < -0.39 is 41.3 Å². The van der Waals surface area contributed by atoms with E-state index in [0.717, 1.165) is 0 Å². The Morgan fingerprint density at radius 2 is 1.26 bits per heavy atom. The minimum Gasteiger partial charge on any atom is -0.288 e. The van der Waals surface area contributed by atoms with E-state index in [1.54, 1.807) is 0 Å². The monoisotopic (exact) mass is 292 g/mol. The maximum atomic E-state index is 12.5. The largest absolute Gasteiger partial charge is 0.417 e. The van der Waals surface area contributed by atoms with Gasteiger partial charge in [-0.05, 0) is 12.1 Å². The first kappa shape index (κ1) is 15.4. The van der Waals surface area contributed by atoms with Gasteiger partial charge in [-0.2, -0.15) is 26.3 Å². The minimum absolute atomic E-state index is 0.144. The second-order valence-corrected chi connectivity index (χ2v) is 3.39. The number of rotatable bonds is 2. The Bertz CT molecular complexity index is 453. The summed E-state index contributed by atoms with van der Waals surface area (Å²) in [5.74, 6) is -2.51. The number of Topliss-reactive ketones (excluding diaryl/α,β-unsaturated/α-hetero) is 1. The Morgan fingerprint density at radius 1 is 0.895 bits per heavy atom. The van der Waals surface area contributed by atoms with Crippen LogP contribution in [0.1, 0.15) is 21.5 Å². The van der Waals surface area contributed by atoms with E-state index in [1.807, 2.05) is 0 Å². The van der Waals surface area contributed by atoms with Crippen molar-refractivity contribution in [3.63, 3.8) is 0 Å². The molecule has 0 atom stereocenters. The third-order valence-electron chi connectivity index (χ3n) is 2.12. The summed E-state index contributed by atoms with van der Waals surface area (Å²) in [6.07, 6.45) is -14.7. The molecule has 0 saturated heterocycles. The highest BCUT2D eigenvalue weighted by atomic mass is 19.4. The van der Waals surface area contributed by atoms with Gasteiger partial charge in [0.15, 0.2) is 0 Å². The fraction of sp³-hybridized carbons (Fsp3) is 0.300. The molecule has 0 N–H and O–H groups in total. The number of carbonyl (C=O) groups excluding carboxylic acids is 1. The van der Waals surface area contributed by atoms with E-state index >= 15 is 0 Å². The van der Waals surface area contributed by atoms with Crippen LogP contribution in [-0.2, 0) is 12.4 Å². The summed E-state index contributed by atoms with van der Waals surface area (Å²) in [6, 6.07) is 0.684. The highest BCUT2D eigenvalue weighted by Gasteiger charge is 2.44. The predicted octanol–water partition coefficient (Wildman–Crippen LogP) is 4.17. The molecule has 1 nitrogen and oxygen atoms in total. The van der Waals surface area contributed by atoms with Crippen molar-refractivity contribution in [3.05, 3.63) is 34.9 Å². The quantitative estimate of drug-likeness (QED) is 0.590. The van der Waals surface area contributed by atoms with Crippen LogP contribution in [0, 0.1) is 0 Å². The Hall–Kier alpha value is -1.67. The average Bonchev–Trinajstić information content (AvgIpc) is 2.24. The zero-order valence-corrected chi connectivity index (χ0v) is 8.74. The topological polar surface area (TPSA) is 17.1 Å². The third kappa shape index (κ3) is 3.21. The number of hydrogen-bond donors (Lipinski definition) is 0. The lowest BCUT2D eigenvalue weighted by atomic mass is 9.96. The molecule has 0 aliphatic carbocycles. The second kappa shape index (κ2) is 4.78. The molecule has 0 heterocycles. The fourth-order valence-corrected chi connectivity index (χ4v) is 1.40. The molecule has 0 fully saturated rings. The van der Waals surface area contributed by atoms with Gasteiger partial charge in [0.05, 0.1) is 11.1 Å². The van der Waals surface area contributed by atoms with Crippen molar-refractivity contribution in [2.45, 2.75) is 18.8 Å². The summed E-state index contributed by atoms with van der Waals surface area (Å²) in [5, 5.41) is 0. The molecule has 1 aromatic rings. The highest BCUT2D eigenvalue weighted by Crippen LogP contribution is 2.40. The van der Waals surface area contributed by atoms with Gasteiger partial charge in [-0.3, -0.25) is 4.79 Å². The van der Waals surface area contributed by atoms with Crippen LogP contribution in [0.2, 0.25) is 0 Å². The fourth-order valence-electron chi connectivity index (χ4n) is 1.40. The van der Waals surface area contributed by atoms with Gasteiger partial charge in [0.2, 0.25) is 5.78 Å². The van der Waals surface area contributed by atoms with Crippen LogP contribution in [-0.4, -0.2) is 12.2 Å². The van der Waals surface area contributed by atoms with Gasteiger partial charge in [0.25, 0.3) is 0 Å². The number of alkyl halides is 8. The molecular weight excluding hydrogens is 288 g/mol. The number of ketones is 1. The maximum absolute atomic E-state index is 12.5. The van der Waals surface area contributed by atoms with Gasteiger partial charge in [-0.25, -0.2) is 8.78 Å². The summed E-state index contributed by atoms with van der Waals surface area (Å²) >= 11 is 0. The zero-order valence-electron chi connectivity index (χ0n) is 8.74. The summed E-state index contributed by atoms with van der Waals surface area (Å²) in [4.78, 5) is 10.9. The molecule has 0 aliphatic heterocycles. The van der Waals surface area contributed by atoms with Crippen LogP contribution in [0.4, 0.5) is 35.1 Å². The minimum atomic E-state index is -5.35. The van der Waals surface area contributed by atoms with E-state index in [0.29, 0.717) is 6.07 Å². The smallest absolute Gasteiger partial charge is 0.288 e. The van der Waals surface area contributed by atoms with Crippen molar-refractivity contribution in [3.8, 4) is 0 Å². The van der Waals surface area contributed by atoms with Crippen molar-refractivity contribution in [2.75, 3.05) is 0 Å². The Morgan fingerprint density at radius 3 is 1.53 bits per heavy atom. The highest BCUT2D eigenvalue weighted by molar-refractivity contribution is 6.01. The van der Waals surface area contributed by atoms with Crippen LogP contribution in [0.3, 0.4) is 0 Å². The second-order valence-electron chi connectivity index (χ2n) is 3.39. The predicted molar refractivity (Wildman–Crippen MR) is 46.8 cm³/mol. The lowest BCUT2D eigenvalue weighted by Crippen LogP contribution is -2.23. The molecule has 0 unspecified atom stereocenters. The normalized spacial score (nSPS) is 12.9. The van der Waals surface area contributed by atoms with E-state index in [4.69, 9.17) is 0 Å². The van der Waals surface area contributed by atoms with Crippen LogP contribution in [0.15, 0.2) is 18.2 Å². The Balaban J connectivity index is 3.65. The molecule has 0 saturated carbocycles. The molecular formula is C10H4F8O. The molecule has 106 valence electrons. The van der Waals surface area contributed by atoms with Crippen molar-refractivity contribution in [1.29, 1.82) is 0 Å². The van der Waals surface area contributed by atoms with Crippen molar-refractivity contribution >= 4 is 5.78 Å². The summed E-state index contributed by atoms with van der Waals surface area (Å²) in [5.41, 5.74) is -6.13. The standard InChI is InChI=1S/C10H4F8O/c11-8(12)7(19)6-4(9(13,14)15)2-1-3-5(6)10(16,17)18/h1-3,8H. The molecule has 1 aromatic carbocycles. The lowest BCUT2D eigenvalue weighted by Gasteiger charge is -2.17. The van der Waals surface area contributed by atoms with E-state index in [1.165, 1.54) is 0 Å². The van der Waals surface area contributed by atoms with Gasteiger partial charge in [-0.15, -0.1) is 0 Å². The molecule has 9 heteroatoms. The molecule has 0 spiro atoms. The number of halogens is 8. The maximum Gasteiger partial charge on any atom is 0.417 e. The van der Waals surface area contributed by atoms with Crippen LogP contribution in [0.25, 0.3) is 0 Å². The van der Waals surface area contributed by atoms with Gasteiger partial charge >= 0.3 is 18.8 Å². The van der Waals surface area contributed by atoms with E-state index in [9.17, 15) is 39.9 Å². The molecule has 1 rings (SSSR count). The van der Waals surface area contributed by atoms with E-state index in [2.05, 4.69) is 0 Å². The van der Waals surface area contributed by atoms with Crippen LogP contribution in [0.5, 0.6) is 0 Å². The number of hydrogen-bond acceptors (Lipinski definition) is 1. The van der Waals surface area contributed by atoms with E-state index in [-0.39, 0.29) is 12.1 Å². The first-order valence-electron chi connectivity index (χ1n) is 4.56. The zero-order chi connectivity index (χ0) is 15.0. The van der Waals surface area contributed by atoms with Crippen molar-refractivity contribution in [1.82, 2.24) is 0 Å². The summed E-state index contributed by atoms with van der Waals surface area (Å²) < 4.78 is 99.2. The van der Waals surface area contributed by atoms with Crippen molar-refractivity contribution in [2.24, 2.45) is 0 Å². The molecule has 19 heavy (non-hydrogen) atoms. The first-order valence-corrected chi connectivity index (χ1v) is 4.56. The van der Waals surface area contributed by atoms with Crippen molar-refractivity contribution < 1.29 is 39.9 Å². The average molecular weight is 292 g/mol. The molecule has 0 radical (unpaired) electrons. The van der Waals surface area contributed by atoms with Gasteiger partial charge in [0, 0.05) is 5.56 Å². The SMILES string of the molecule is O=C(c1c(C(F)(F)F)cccc1C(F)(F)F)C(F)F. The van der Waals surface area contributed by atoms with Gasteiger partial charge < -0.3 is 0 Å². The van der Waals surface area contributed by atoms with Gasteiger partial charge in [-0.1, -0.05) is 6.07 Å². The summed E-state index contributed by atoms with van der Waals surface area (Å²) in [7, 11) is 0. The molecule has 0 aromatic heterocycles. The van der Waals surface area contributed by atoms with Crippen LogP contribution >= 0.6 is 0 Å². The molecule has 0 aliphatic rings. The summed E-state index contributed by atoms with van der Waals surface area (Å²) in [6.45, 7) is 0. The molecule has 0 bridgehead atoms. The lowest BCUT2D eigenvalue weighted by molar-refractivity contribution is -0.143. The number of carbonyl (C=O) groups is 1. The number of benzene rings is 1. The Labute approximate surface area is 100 Å². The van der Waals surface area contributed by atoms with Crippen LogP contribution < -0.4 is 0 Å². The molecule has 0 amide bonds. The first-order chi connectivity index (χ1) is 8.46. The van der Waals surface area contributed by atoms with Gasteiger partial charge in [0.1, 0.15) is 0 Å². The Kier molecular flexibility index (Phi) is 3.87.